The number of pyridine rings is 1. The Morgan fingerprint density at radius 1 is 1.05 bits per heavy atom. The average Bonchev–Trinajstić information content (AvgIpc) is 2.77. The molecule has 0 fully saturated rings. The molecule has 2 aromatic rings. The van der Waals surface area contributed by atoms with Gasteiger partial charge in [0, 0.05) is 0 Å². The summed E-state index contributed by atoms with van der Waals surface area (Å²) in [5.41, 5.74) is 1.33. The monoisotopic (exact) mass is 299 g/mol. The van der Waals surface area contributed by atoms with Crippen LogP contribution in [0.5, 0.6) is 0 Å². The molecule has 0 spiro atoms. The van der Waals surface area contributed by atoms with E-state index in [4.69, 9.17) is 4.62 Å². The van der Waals surface area contributed by atoms with Crippen molar-refractivity contribution < 1.29 is 4.62 Å². The molecule has 0 aliphatic heterocycles. The molecule has 2 heterocycles. The van der Waals surface area contributed by atoms with Crippen molar-refractivity contribution in [1.82, 2.24) is 34.2 Å². The number of fused-ring (bicyclic) bond motifs is 1. The number of aromatic nitrogens is 4. The molecule has 0 aliphatic carbocycles. The maximum absolute atomic E-state index is 6.24. The fraction of sp³-hybridized carbons (Fsp3) is 0.545. The quantitative estimate of drug-likeness (QED) is 0.738. The summed E-state index contributed by atoms with van der Waals surface area (Å²) in [7, 11) is 9.46. The molecule has 0 bridgehead atoms. The zero-order valence-electron chi connectivity index (χ0n) is 12.8. The Hall–Kier alpha value is -1.34. The second kappa shape index (κ2) is 5.57. The van der Waals surface area contributed by atoms with E-state index in [1.165, 1.54) is 4.85 Å². The summed E-state index contributed by atoms with van der Waals surface area (Å²) in [5, 5.41) is 8.14. The van der Waals surface area contributed by atoms with Crippen molar-refractivity contribution in [2.24, 2.45) is 0 Å². The number of hydrogen-bond acceptors (Lipinski definition) is 7. The average molecular weight is 299 g/mol. The normalized spacial score (nSPS) is 13.7. The van der Waals surface area contributed by atoms with Gasteiger partial charge in [-0.1, -0.05) is 0 Å². The predicted molar refractivity (Wildman–Crippen MR) is 81.3 cm³/mol. The fourth-order valence-electron chi connectivity index (χ4n) is 2.37. The third-order valence-electron chi connectivity index (χ3n) is 3.14. The molecular formula is C11H22N7OP. The SMILES string of the molecule is CN(C)[PH](On1nnc2cccnc21)(N(C)C)N(C)C. The van der Waals surface area contributed by atoms with E-state index in [9.17, 15) is 0 Å². The first-order valence-corrected chi connectivity index (χ1v) is 8.03. The molecule has 0 aromatic carbocycles. The van der Waals surface area contributed by atoms with Gasteiger partial charge in [0.1, 0.15) is 0 Å². The van der Waals surface area contributed by atoms with Crippen LogP contribution in [0.3, 0.4) is 0 Å². The van der Waals surface area contributed by atoms with Crippen molar-refractivity contribution in [3.63, 3.8) is 0 Å². The van der Waals surface area contributed by atoms with E-state index in [1.54, 1.807) is 6.20 Å². The summed E-state index contributed by atoms with van der Waals surface area (Å²) >= 11 is 0. The van der Waals surface area contributed by atoms with Crippen molar-refractivity contribution in [3.05, 3.63) is 18.3 Å². The first-order valence-electron chi connectivity index (χ1n) is 6.28. The molecule has 2 aromatic heterocycles. The molecule has 0 atom stereocenters. The van der Waals surface area contributed by atoms with Crippen LogP contribution in [0.25, 0.3) is 11.2 Å². The van der Waals surface area contributed by atoms with Crippen LogP contribution >= 0.6 is 7.94 Å². The summed E-state index contributed by atoms with van der Waals surface area (Å²) in [5.74, 6) is 0. The van der Waals surface area contributed by atoms with Crippen molar-refractivity contribution in [3.8, 4) is 0 Å². The molecule has 9 heteroatoms. The topological polar surface area (TPSA) is 62.6 Å². The van der Waals surface area contributed by atoms with E-state index in [0.29, 0.717) is 11.2 Å². The third kappa shape index (κ3) is 2.35. The van der Waals surface area contributed by atoms with Gasteiger partial charge in [0.2, 0.25) is 0 Å². The Bertz CT molecular complexity index is 561. The molecule has 0 saturated carbocycles. The van der Waals surface area contributed by atoms with E-state index in [-0.39, 0.29) is 0 Å². The van der Waals surface area contributed by atoms with Gasteiger partial charge in [-0.25, -0.2) is 0 Å². The summed E-state index contributed by atoms with van der Waals surface area (Å²) in [6, 6.07) is 3.69. The molecule has 0 saturated heterocycles. The second-order valence-corrected chi connectivity index (χ2v) is 9.17. The Balaban J connectivity index is 2.47. The minimum atomic E-state index is -2.53. The molecule has 2 rings (SSSR count). The molecular weight excluding hydrogens is 277 g/mol. The summed E-state index contributed by atoms with van der Waals surface area (Å²) in [6.07, 6.45) is 1.70. The number of rotatable bonds is 5. The molecule has 0 N–H and O–H groups in total. The van der Waals surface area contributed by atoms with Crippen molar-refractivity contribution in [2.45, 2.75) is 0 Å². The van der Waals surface area contributed by atoms with E-state index in [2.05, 4.69) is 29.3 Å². The first kappa shape index (κ1) is 15.1. The van der Waals surface area contributed by atoms with Crippen LogP contribution in [-0.2, 0) is 0 Å². The van der Waals surface area contributed by atoms with Crippen molar-refractivity contribution in [1.29, 1.82) is 0 Å². The van der Waals surface area contributed by atoms with Crippen LogP contribution < -0.4 is 4.62 Å². The van der Waals surface area contributed by atoms with Gasteiger partial charge in [0.25, 0.3) is 0 Å². The zero-order valence-corrected chi connectivity index (χ0v) is 13.8. The van der Waals surface area contributed by atoms with Crippen LogP contribution in [0.15, 0.2) is 18.3 Å². The van der Waals surface area contributed by atoms with Crippen molar-refractivity contribution >= 4 is 19.1 Å². The van der Waals surface area contributed by atoms with Crippen LogP contribution in [-0.4, -0.2) is 76.4 Å². The molecule has 8 nitrogen and oxygen atoms in total. The second-order valence-electron chi connectivity index (χ2n) is 5.16. The summed E-state index contributed by atoms with van der Waals surface area (Å²) in [6.45, 7) is 0. The summed E-state index contributed by atoms with van der Waals surface area (Å²) < 4.78 is 12.5. The van der Waals surface area contributed by atoms with Crippen LogP contribution in [0.2, 0.25) is 0 Å². The molecule has 0 amide bonds. The molecule has 0 unspecified atom stereocenters. The molecule has 112 valence electrons. The van der Waals surface area contributed by atoms with Gasteiger partial charge in [0.05, 0.1) is 0 Å². The first-order chi connectivity index (χ1) is 9.39. The van der Waals surface area contributed by atoms with E-state index < -0.39 is 7.94 Å². The van der Waals surface area contributed by atoms with Gasteiger partial charge in [-0.15, -0.1) is 0 Å². The van der Waals surface area contributed by atoms with Gasteiger partial charge in [-0.3, -0.25) is 0 Å². The minimum absolute atomic E-state index is 0.620. The summed E-state index contributed by atoms with van der Waals surface area (Å²) in [4.78, 5) is 5.70. The van der Waals surface area contributed by atoms with Gasteiger partial charge in [-0.2, -0.15) is 0 Å². The van der Waals surface area contributed by atoms with Crippen LogP contribution in [0.1, 0.15) is 0 Å². The van der Waals surface area contributed by atoms with Gasteiger partial charge < -0.3 is 0 Å². The Kier molecular flexibility index (Phi) is 4.19. The van der Waals surface area contributed by atoms with Crippen LogP contribution in [0, 0.1) is 0 Å². The molecule has 0 radical (unpaired) electrons. The molecule has 0 aliphatic rings. The van der Waals surface area contributed by atoms with Crippen molar-refractivity contribution in [2.75, 3.05) is 42.3 Å². The Labute approximate surface area is 119 Å². The van der Waals surface area contributed by atoms with Gasteiger partial charge in [0.15, 0.2) is 0 Å². The Morgan fingerprint density at radius 3 is 2.20 bits per heavy atom. The maximum atomic E-state index is 6.24. The van der Waals surface area contributed by atoms with E-state index in [0.717, 1.165) is 0 Å². The predicted octanol–water partition coefficient (Wildman–Crippen LogP) is 0.350. The fourth-order valence-corrected chi connectivity index (χ4v) is 5.61. The van der Waals surface area contributed by atoms with Crippen LogP contribution in [0.4, 0.5) is 0 Å². The third-order valence-corrected chi connectivity index (χ3v) is 7.05. The number of hydrogen-bond donors (Lipinski definition) is 0. The Morgan fingerprint density at radius 2 is 1.65 bits per heavy atom. The van der Waals surface area contributed by atoms with Gasteiger partial charge >= 0.3 is 118 Å². The van der Waals surface area contributed by atoms with E-state index in [1.807, 2.05) is 54.4 Å². The molecule has 20 heavy (non-hydrogen) atoms. The number of nitrogens with zero attached hydrogens (tertiary/aromatic N) is 7. The van der Waals surface area contributed by atoms with E-state index >= 15 is 0 Å². The van der Waals surface area contributed by atoms with Gasteiger partial charge in [-0.05, 0) is 0 Å². The standard InChI is InChI=1S/C11H22N7OP/c1-15(2)20(16(3)4,17(5)6)19-18-11-10(13-14-18)8-7-9-12-11/h7-9,20H,1-6H3. The zero-order chi connectivity index (χ0) is 14.9.